The Hall–Kier alpha value is -1.44. The van der Waals surface area contributed by atoms with E-state index in [0.717, 1.165) is 6.54 Å². The van der Waals surface area contributed by atoms with Gasteiger partial charge in [-0.1, -0.05) is 0 Å². The lowest BCUT2D eigenvalue weighted by molar-refractivity contribution is 0.302. The van der Waals surface area contributed by atoms with Gasteiger partial charge in [0.15, 0.2) is 0 Å². The van der Waals surface area contributed by atoms with E-state index in [9.17, 15) is 4.39 Å². The minimum absolute atomic E-state index is 0.269. The molecule has 3 nitrogen and oxygen atoms in total. The smallest absolute Gasteiger partial charge is 0.127 e. The van der Waals surface area contributed by atoms with Crippen LogP contribution in [0.1, 0.15) is 18.1 Å². The Bertz CT molecular complexity index is 410. The molecule has 0 aliphatic rings. The van der Waals surface area contributed by atoms with Crippen LogP contribution in [0, 0.1) is 17.1 Å². The van der Waals surface area contributed by atoms with Gasteiger partial charge in [0.25, 0.3) is 0 Å². The third-order valence-corrected chi connectivity index (χ3v) is 2.81. The fraction of sp³-hybridized carbons (Fsp3) is 0.462. The van der Waals surface area contributed by atoms with Crippen molar-refractivity contribution in [2.45, 2.75) is 19.5 Å². The van der Waals surface area contributed by atoms with Crippen molar-refractivity contribution in [3.8, 4) is 6.07 Å². The average Bonchev–Trinajstić information content (AvgIpc) is 2.31. The largest absolute Gasteiger partial charge is 0.311 e. The fourth-order valence-electron chi connectivity index (χ4n) is 1.38. The normalized spacial score (nSPS) is 12.5. The highest BCUT2D eigenvalue weighted by Gasteiger charge is 2.06. The van der Waals surface area contributed by atoms with Gasteiger partial charge in [-0.15, -0.1) is 0 Å². The minimum Gasteiger partial charge on any atom is -0.311 e. The monoisotopic (exact) mass is 235 g/mol. The summed E-state index contributed by atoms with van der Waals surface area (Å²) in [7, 11) is 4.01. The van der Waals surface area contributed by atoms with Gasteiger partial charge in [0.05, 0.1) is 11.6 Å². The molecule has 1 N–H and O–H groups in total. The van der Waals surface area contributed by atoms with E-state index in [1.54, 1.807) is 6.07 Å². The number of nitrogens with one attached hydrogen (secondary N) is 1. The number of hydrogen-bond acceptors (Lipinski definition) is 3. The number of hydrogen-bond donors (Lipinski definition) is 1. The van der Waals surface area contributed by atoms with E-state index >= 15 is 0 Å². The maximum absolute atomic E-state index is 13.4. The van der Waals surface area contributed by atoms with Gasteiger partial charge >= 0.3 is 0 Å². The standard InChI is InChI=1S/C13H18FN3/c1-10(17(2)3)8-16-9-12-6-11(7-15)4-5-13(12)14/h4-6,10,16H,8-9H2,1-3H3. The average molecular weight is 235 g/mol. The summed E-state index contributed by atoms with van der Waals surface area (Å²) in [4.78, 5) is 2.09. The van der Waals surface area contributed by atoms with Gasteiger partial charge in [-0.05, 0) is 39.2 Å². The van der Waals surface area contributed by atoms with Crippen LogP contribution < -0.4 is 5.32 Å². The third kappa shape index (κ3) is 4.14. The number of halogens is 1. The van der Waals surface area contributed by atoms with E-state index in [-0.39, 0.29) is 5.82 Å². The Morgan fingerprint density at radius 2 is 2.18 bits per heavy atom. The van der Waals surface area contributed by atoms with Crippen molar-refractivity contribution in [2.24, 2.45) is 0 Å². The second kappa shape index (κ2) is 6.33. The summed E-state index contributed by atoms with van der Waals surface area (Å²) < 4.78 is 13.4. The number of rotatable bonds is 5. The maximum atomic E-state index is 13.4. The van der Waals surface area contributed by atoms with Crippen molar-refractivity contribution in [2.75, 3.05) is 20.6 Å². The molecular formula is C13H18FN3. The quantitative estimate of drug-likeness (QED) is 0.845. The highest BCUT2D eigenvalue weighted by Crippen LogP contribution is 2.09. The molecule has 0 bridgehead atoms. The van der Waals surface area contributed by atoms with Gasteiger partial charge in [0, 0.05) is 24.7 Å². The van der Waals surface area contributed by atoms with E-state index < -0.39 is 0 Å². The lowest BCUT2D eigenvalue weighted by atomic mass is 10.1. The van der Waals surface area contributed by atoms with Crippen LogP contribution in [0.4, 0.5) is 4.39 Å². The lowest BCUT2D eigenvalue weighted by Crippen LogP contribution is -2.35. The summed E-state index contributed by atoms with van der Waals surface area (Å²) in [5.41, 5.74) is 1.03. The van der Waals surface area contributed by atoms with Crippen molar-refractivity contribution in [1.29, 1.82) is 5.26 Å². The number of nitrogens with zero attached hydrogens (tertiary/aromatic N) is 2. The van der Waals surface area contributed by atoms with Crippen molar-refractivity contribution >= 4 is 0 Å². The number of likely N-dealkylation sites (N-methyl/N-ethyl adjacent to an activating group) is 1. The van der Waals surface area contributed by atoms with Crippen LogP contribution in [0.3, 0.4) is 0 Å². The molecule has 0 fully saturated rings. The number of benzene rings is 1. The first kappa shape index (κ1) is 13.6. The van der Waals surface area contributed by atoms with E-state index in [4.69, 9.17) is 5.26 Å². The molecule has 17 heavy (non-hydrogen) atoms. The molecule has 0 spiro atoms. The molecular weight excluding hydrogens is 217 g/mol. The zero-order chi connectivity index (χ0) is 12.8. The van der Waals surface area contributed by atoms with Crippen molar-refractivity contribution < 1.29 is 4.39 Å². The molecule has 4 heteroatoms. The highest BCUT2D eigenvalue weighted by atomic mass is 19.1. The summed E-state index contributed by atoms with van der Waals surface area (Å²) in [5, 5.41) is 11.9. The fourth-order valence-corrected chi connectivity index (χ4v) is 1.38. The van der Waals surface area contributed by atoms with Gasteiger partial charge in [0.1, 0.15) is 5.82 Å². The molecule has 0 aromatic heterocycles. The maximum Gasteiger partial charge on any atom is 0.127 e. The second-order valence-electron chi connectivity index (χ2n) is 4.36. The molecule has 92 valence electrons. The van der Waals surface area contributed by atoms with Crippen LogP contribution in [-0.2, 0) is 6.54 Å². The molecule has 1 atom stereocenters. The van der Waals surface area contributed by atoms with Crippen molar-refractivity contribution in [3.63, 3.8) is 0 Å². The van der Waals surface area contributed by atoms with Gasteiger partial charge < -0.3 is 10.2 Å². The predicted octanol–water partition coefficient (Wildman–Crippen LogP) is 1.74. The van der Waals surface area contributed by atoms with E-state index in [1.165, 1.54) is 12.1 Å². The van der Waals surface area contributed by atoms with Crippen LogP contribution in [-0.4, -0.2) is 31.6 Å². The van der Waals surface area contributed by atoms with Crippen molar-refractivity contribution in [1.82, 2.24) is 10.2 Å². The van der Waals surface area contributed by atoms with Gasteiger partial charge in [-0.2, -0.15) is 5.26 Å². The summed E-state index contributed by atoms with van der Waals surface area (Å²) >= 11 is 0. The third-order valence-electron chi connectivity index (χ3n) is 2.81. The second-order valence-corrected chi connectivity index (χ2v) is 4.36. The Morgan fingerprint density at radius 3 is 2.76 bits per heavy atom. The van der Waals surface area contributed by atoms with Gasteiger partial charge in [0.2, 0.25) is 0 Å². The summed E-state index contributed by atoms with van der Waals surface area (Å²) in [6.45, 7) is 3.32. The van der Waals surface area contributed by atoms with E-state index in [0.29, 0.717) is 23.7 Å². The summed E-state index contributed by atoms with van der Waals surface area (Å²) in [6, 6.07) is 6.81. The van der Waals surface area contributed by atoms with E-state index in [2.05, 4.69) is 17.1 Å². The predicted molar refractivity (Wildman–Crippen MR) is 66.0 cm³/mol. The van der Waals surface area contributed by atoms with Crippen LogP contribution in [0.5, 0.6) is 0 Å². The first-order chi connectivity index (χ1) is 8.04. The molecule has 0 saturated carbocycles. The molecule has 1 aromatic carbocycles. The zero-order valence-electron chi connectivity index (χ0n) is 10.5. The summed E-state index contributed by atoms with van der Waals surface area (Å²) in [6.07, 6.45) is 0. The minimum atomic E-state index is -0.269. The molecule has 0 saturated heterocycles. The van der Waals surface area contributed by atoms with Crippen LogP contribution in [0.15, 0.2) is 18.2 Å². The first-order valence-corrected chi connectivity index (χ1v) is 5.60. The summed E-state index contributed by atoms with van der Waals surface area (Å²) in [5.74, 6) is -0.269. The topological polar surface area (TPSA) is 39.1 Å². The SMILES string of the molecule is CC(CNCc1cc(C#N)ccc1F)N(C)C. The van der Waals surface area contributed by atoms with Crippen LogP contribution in [0.2, 0.25) is 0 Å². The molecule has 1 aromatic rings. The molecule has 1 unspecified atom stereocenters. The molecule has 0 heterocycles. The molecule has 0 aliphatic heterocycles. The number of nitriles is 1. The Kier molecular flexibility index (Phi) is 5.08. The van der Waals surface area contributed by atoms with Crippen LogP contribution in [0.25, 0.3) is 0 Å². The first-order valence-electron chi connectivity index (χ1n) is 5.60. The zero-order valence-corrected chi connectivity index (χ0v) is 10.5. The molecule has 0 aliphatic carbocycles. The van der Waals surface area contributed by atoms with Crippen molar-refractivity contribution in [3.05, 3.63) is 35.1 Å². The van der Waals surface area contributed by atoms with Crippen LogP contribution >= 0.6 is 0 Å². The molecule has 1 rings (SSSR count). The van der Waals surface area contributed by atoms with Gasteiger partial charge in [-0.3, -0.25) is 0 Å². The Balaban J connectivity index is 2.55. The van der Waals surface area contributed by atoms with E-state index in [1.807, 2.05) is 20.2 Å². The lowest BCUT2D eigenvalue weighted by Gasteiger charge is -2.20. The molecule has 0 amide bonds. The highest BCUT2D eigenvalue weighted by molar-refractivity contribution is 5.33. The molecule has 0 radical (unpaired) electrons. The van der Waals surface area contributed by atoms with Gasteiger partial charge in [-0.25, -0.2) is 4.39 Å². The Morgan fingerprint density at radius 1 is 1.47 bits per heavy atom. The Labute approximate surface area is 102 Å².